The Morgan fingerprint density at radius 2 is 1.89 bits per heavy atom. The SMILES string of the molecule is COc1ccc(CNC(=O)N2CCC(N3C(=O)CSC3=O)CC2)cc1OC. The van der Waals surface area contributed by atoms with Crippen molar-refractivity contribution in [3.63, 3.8) is 0 Å². The first-order valence-electron chi connectivity index (χ1n) is 8.76. The maximum absolute atomic E-state index is 12.4. The minimum Gasteiger partial charge on any atom is -0.493 e. The third kappa shape index (κ3) is 4.29. The summed E-state index contributed by atoms with van der Waals surface area (Å²) in [6.07, 6.45) is 1.23. The van der Waals surface area contributed by atoms with Crippen LogP contribution < -0.4 is 14.8 Å². The number of hydrogen-bond acceptors (Lipinski definition) is 6. The molecule has 4 amide bonds. The summed E-state index contributed by atoms with van der Waals surface area (Å²) in [4.78, 5) is 39.1. The number of amides is 4. The van der Waals surface area contributed by atoms with Gasteiger partial charge in [-0.15, -0.1) is 0 Å². The summed E-state index contributed by atoms with van der Waals surface area (Å²) >= 11 is 1.05. The first kappa shape index (κ1) is 19.3. The van der Waals surface area contributed by atoms with Crippen molar-refractivity contribution in [2.24, 2.45) is 0 Å². The third-order valence-electron chi connectivity index (χ3n) is 4.79. The Balaban J connectivity index is 1.50. The Morgan fingerprint density at radius 3 is 2.48 bits per heavy atom. The van der Waals surface area contributed by atoms with Crippen molar-refractivity contribution in [3.05, 3.63) is 23.8 Å². The van der Waals surface area contributed by atoms with Gasteiger partial charge in [0, 0.05) is 25.7 Å². The molecule has 27 heavy (non-hydrogen) atoms. The summed E-state index contributed by atoms with van der Waals surface area (Å²) in [5, 5.41) is 2.73. The number of nitrogens with zero attached hydrogens (tertiary/aromatic N) is 2. The Bertz CT molecular complexity index is 718. The highest BCUT2D eigenvalue weighted by Gasteiger charge is 2.37. The Hall–Kier alpha value is -2.42. The van der Waals surface area contributed by atoms with E-state index in [1.165, 1.54) is 4.90 Å². The largest absolute Gasteiger partial charge is 0.493 e. The zero-order chi connectivity index (χ0) is 19.4. The van der Waals surface area contributed by atoms with Crippen molar-refractivity contribution in [1.82, 2.24) is 15.1 Å². The van der Waals surface area contributed by atoms with Crippen molar-refractivity contribution in [2.45, 2.75) is 25.4 Å². The van der Waals surface area contributed by atoms with E-state index in [9.17, 15) is 14.4 Å². The fraction of sp³-hybridized carbons (Fsp3) is 0.500. The summed E-state index contributed by atoms with van der Waals surface area (Å²) in [5.41, 5.74) is 0.904. The number of methoxy groups -OCH3 is 2. The molecule has 0 radical (unpaired) electrons. The van der Waals surface area contributed by atoms with Crippen LogP contribution in [0.2, 0.25) is 0 Å². The van der Waals surface area contributed by atoms with Crippen LogP contribution in [-0.4, -0.2) is 66.1 Å². The smallest absolute Gasteiger partial charge is 0.317 e. The van der Waals surface area contributed by atoms with Crippen molar-refractivity contribution in [1.29, 1.82) is 0 Å². The molecule has 2 saturated heterocycles. The quantitative estimate of drug-likeness (QED) is 0.824. The molecule has 2 aliphatic heterocycles. The van der Waals surface area contributed by atoms with Crippen LogP contribution in [0.4, 0.5) is 9.59 Å². The van der Waals surface area contributed by atoms with Crippen LogP contribution >= 0.6 is 11.8 Å². The number of piperidine rings is 1. The number of nitrogens with one attached hydrogen (secondary N) is 1. The molecule has 0 saturated carbocycles. The molecule has 0 atom stereocenters. The molecule has 0 spiro atoms. The van der Waals surface area contributed by atoms with Gasteiger partial charge in [0.2, 0.25) is 5.91 Å². The number of rotatable bonds is 5. The van der Waals surface area contributed by atoms with Crippen LogP contribution in [-0.2, 0) is 11.3 Å². The van der Waals surface area contributed by atoms with Gasteiger partial charge in [-0.3, -0.25) is 14.5 Å². The molecular weight excluding hydrogens is 370 g/mol. The van der Waals surface area contributed by atoms with E-state index in [0.717, 1.165) is 17.3 Å². The maximum Gasteiger partial charge on any atom is 0.317 e. The molecule has 8 nitrogen and oxygen atoms in total. The van der Waals surface area contributed by atoms with Gasteiger partial charge in [-0.1, -0.05) is 17.8 Å². The third-order valence-corrected chi connectivity index (χ3v) is 5.63. The lowest BCUT2D eigenvalue weighted by molar-refractivity contribution is -0.126. The molecule has 3 rings (SSSR count). The van der Waals surface area contributed by atoms with Crippen molar-refractivity contribution in [3.8, 4) is 11.5 Å². The Labute approximate surface area is 162 Å². The lowest BCUT2D eigenvalue weighted by Gasteiger charge is -2.35. The Morgan fingerprint density at radius 1 is 1.19 bits per heavy atom. The molecule has 2 heterocycles. The van der Waals surface area contributed by atoms with Gasteiger partial charge in [-0.2, -0.15) is 0 Å². The second-order valence-electron chi connectivity index (χ2n) is 6.38. The zero-order valence-electron chi connectivity index (χ0n) is 15.4. The van der Waals surface area contributed by atoms with E-state index < -0.39 is 0 Å². The molecule has 1 aromatic carbocycles. The lowest BCUT2D eigenvalue weighted by atomic mass is 10.0. The number of urea groups is 1. The van der Waals surface area contributed by atoms with Crippen LogP contribution in [0.25, 0.3) is 0 Å². The monoisotopic (exact) mass is 393 g/mol. The van der Waals surface area contributed by atoms with Gasteiger partial charge in [-0.25, -0.2) is 4.79 Å². The van der Waals surface area contributed by atoms with Crippen molar-refractivity contribution >= 4 is 28.9 Å². The molecule has 0 unspecified atom stereocenters. The van der Waals surface area contributed by atoms with Crippen LogP contribution in [0.1, 0.15) is 18.4 Å². The van der Waals surface area contributed by atoms with Crippen molar-refractivity contribution in [2.75, 3.05) is 33.1 Å². The molecule has 0 aliphatic carbocycles. The van der Waals surface area contributed by atoms with Gasteiger partial charge in [0.15, 0.2) is 11.5 Å². The van der Waals surface area contributed by atoms with E-state index in [1.54, 1.807) is 25.2 Å². The lowest BCUT2D eigenvalue weighted by Crippen LogP contribution is -2.50. The van der Waals surface area contributed by atoms with Gasteiger partial charge >= 0.3 is 6.03 Å². The molecule has 0 aromatic heterocycles. The highest BCUT2D eigenvalue weighted by molar-refractivity contribution is 8.14. The number of likely N-dealkylation sites (tertiary alicyclic amines) is 1. The van der Waals surface area contributed by atoms with Crippen LogP contribution in [0, 0.1) is 0 Å². The minimum absolute atomic E-state index is 0.102. The average Bonchev–Trinajstić information content (AvgIpc) is 3.04. The number of benzene rings is 1. The van der Waals surface area contributed by atoms with Gasteiger partial charge in [0.25, 0.3) is 5.24 Å². The Kier molecular flexibility index (Phi) is 6.10. The molecule has 1 N–H and O–H groups in total. The average molecular weight is 393 g/mol. The first-order chi connectivity index (χ1) is 13.0. The number of imide groups is 1. The molecule has 146 valence electrons. The van der Waals surface area contributed by atoms with Crippen LogP contribution in [0.3, 0.4) is 0 Å². The second kappa shape index (κ2) is 8.51. The normalized spacial score (nSPS) is 18.0. The number of thioether (sulfide) groups is 1. The molecule has 9 heteroatoms. The summed E-state index contributed by atoms with van der Waals surface area (Å²) < 4.78 is 10.5. The van der Waals surface area contributed by atoms with E-state index in [4.69, 9.17) is 9.47 Å². The van der Waals surface area contributed by atoms with Gasteiger partial charge in [0.05, 0.1) is 20.0 Å². The van der Waals surface area contributed by atoms with Gasteiger partial charge in [0.1, 0.15) is 0 Å². The molecule has 2 fully saturated rings. The fourth-order valence-corrected chi connectivity index (χ4v) is 4.10. The standard InChI is InChI=1S/C18H23N3O5S/c1-25-14-4-3-12(9-15(14)26-2)10-19-17(23)20-7-5-13(6-8-20)21-16(22)11-27-18(21)24/h3-4,9,13H,5-8,10-11H2,1-2H3,(H,19,23). The molecule has 1 aromatic rings. The minimum atomic E-state index is -0.170. The van der Waals surface area contributed by atoms with Crippen LogP contribution in [0.15, 0.2) is 18.2 Å². The van der Waals surface area contributed by atoms with Gasteiger partial charge < -0.3 is 19.7 Å². The summed E-state index contributed by atoms with van der Waals surface area (Å²) in [6, 6.07) is 5.24. The predicted molar refractivity (Wildman–Crippen MR) is 101 cm³/mol. The van der Waals surface area contributed by atoms with Crippen LogP contribution in [0.5, 0.6) is 11.5 Å². The highest BCUT2D eigenvalue weighted by atomic mass is 32.2. The summed E-state index contributed by atoms with van der Waals surface area (Å²) in [5.74, 6) is 1.35. The van der Waals surface area contributed by atoms with E-state index in [1.807, 2.05) is 12.1 Å². The van der Waals surface area contributed by atoms with E-state index >= 15 is 0 Å². The maximum atomic E-state index is 12.4. The first-order valence-corrected chi connectivity index (χ1v) is 9.74. The number of hydrogen-bond donors (Lipinski definition) is 1. The molecule has 0 bridgehead atoms. The topological polar surface area (TPSA) is 88.2 Å². The number of ether oxygens (including phenoxy) is 2. The van der Waals surface area contributed by atoms with E-state index in [2.05, 4.69) is 5.32 Å². The molecule has 2 aliphatic rings. The predicted octanol–water partition coefficient (Wildman–Crippen LogP) is 2.07. The fourth-order valence-electron chi connectivity index (χ4n) is 3.32. The number of carbonyl (C=O) groups excluding carboxylic acids is 3. The molecular formula is C18H23N3O5S. The summed E-state index contributed by atoms with van der Waals surface area (Å²) in [7, 11) is 3.14. The number of carbonyl (C=O) groups is 3. The highest BCUT2D eigenvalue weighted by Crippen LogP contribution is 2.28. The second-order valence-corrected chi connectivity index (χ2v) is 7.31. The van der Waals surface area contributed by atoms with Crippen molar-refractivity contribution < 1.29 is 23.9 Å². The zero-order valence-corrected chi connectivity index (χ0v) is 16.2. The van der Waals surface area contributed by atoms with E-state index in [0.29, 0.717) is 44.0 Å². The summed E-state index contributed by atoms with van der Waals surface area (Å²) in [6.45, 7) is 1.41. The van der Waals surface area contributed by atoms with Gasteiger partial charge in [-0.05, 0) is 30.5 Å². The van der Waals surface area contributed by atoms with E-state index in [-0.39, 0.29) is 29.0 Å².